The molecule has 1 atom stereocenters. The summed E-state index contributed by atoms with van der Waals surface area (Å²) in [5.74, 6) is -1.29. The molecule has 2 aromatic heterocycles. The fourth-order valence-corrected chi connectivity index (χ4v) is 5.21. The van der Waals surface area contributed by atoms with Gasteiger partial charge in [0, 0.05) is 40.2 Å². The predicted molar refractivity (Wildman–Crippen MR) is 112 cm³/mol. The van der Waals surface area contributed by atoms with Crippen molar-refractivity contribution in [3.05, 3.63) is 58.4 Å². The smallest absolute Gasteiger partial charge is 0.305 e. The van der Waals surface area contributed by atoms with Crippen molar-refractivity contribution in [3.8, 4) is 0 Å². The molecule has 0 bridgehead atoms. The van der Waals surface area contributed by atoms with E-state index in [4.69, 9.17) is 11.6 Å². The van der Waals surface area contributed by atoms with Gasteiger partial charge in [0.15, 0.2) is 15.6 Å². The van der Waals surface area contributed by atoms with Crippen LogP contribution in [0.5, 0.6) is 0 Å². The van der Waals surface area contributed by atoms with Gasteiger partial charge in [-0.2, -0.15) is 0 Å². The molecule has 1 aliphatic heterocycles. The summed E-state index contributed by atoms with van der Waals surface area (Å²) in [4.78, 5) is 29.3. The Morgan fingerprint density at radius 1 is 1.23 bits per heavy atom. The lowest BCUT2D eigenvalue weighted by molar-refractivity contribution is -0.138. The van der Waals surface area contributed by atoms with Crippen LogP contribution in [0.4, 0.5) is 0 Å². The normalized spacial score (nSPS) is 16.4. The van der Waals surface area contributed by atoms with Crippen LogP contribution >= 0.6 is 11.6 Å². The number of rotatable bonds is 5. The maximum atomic E-state index is 13.5. The molecule has 0 fully saturated rings. The van der Waals surface area contributed by atoms with Crippen molar-refractivity contribution in [2.24, 2.45) is 0 Å². The highest BCUT2D eigenvalue weighted by atomic mass is 35.5. The van der Waals surface area contributed by atoms with E-state index >= 15 is 0 Å². The first-order valence-corrected chi connectivity index (χ1v) is 11.7. The third kappa shape index (κ3) is 3.50. The van der Waals surface area contributed by atoms with Gasteiger partial charge in [-0.3, -0.25) is 9.59 Å². The number of ketones is 1. The Hall–Kier alpha value is -2.71. The number of benzene rings is 1. The fourth-order valence-electron chi connectivity index (χ4n) is 4.21. The van der Waals surface area contributed by atoms with Crippen LogP contribution in [0.2, 0.25) is 5.02 Å². The van der Waals surface area contributed by atoms with Crippen molar-refractivity contribution in [1.82, 2.24) is 9.55 Å². The van der Waals surface area contributed by atoms with Gasteiger partial charge in [0.25, 0.3) is 0 Å². The number of sulfone groups is 1. The van der Waals surface area contributed by atoms with Gasteiger partial charge in [-0.25, -0.2) is 13.4 Å². The number of pyridine rings is 1. The summed E-state index contributed by atoms with van der Waals surface area (Å²) in [6.45, 7) is 0. The van der Waals surface area contributed by atoms with Gasteiger partial charge >= 0.3 is 5.97 Å². The zero-order chi connectivity index (χ0) is 21.6. The van der Waals surface area contributed by atoms with Crippen molar-refractivity contribution in [3.63, 3.8) is 0 Å². The van der Waals surface area contributed by atoms with Crippen molar-refractivity contribution in [1.29, 1.82) is 0 Å². The van der Waals surface area contributed by atoms with Crippen molar-refractivity contribution in [2.45, 2.75) is 36.6 Å². The van der Waals surface area contributed by atoms with E-state index in [0.29, 0.717) is 41.2 Å². The number of nitrogens with zero attached hydrogens (tertiary/aromatic N) is 2. The van der Waals surface area contributed by atoms with Crippen LogP contribution in [0.25, 0.3) is 11.0 Å². The summed E-state index contributed by atoms with van der Waals surface area (Å²) in [6.07, 6.45) is 4.19. The van der Waals surface area contributed by atoms with E-state index in [2.05, 4.69) is 4.98 Å². The average molecular weight is 447 g/mol. The van der Waals surface area contributed by atoms with Gasteiger partial charge in [0.05, 0.1) is 16.9 Å². The molecule has 0 saturated heterocycles. The molecule has 1 N–H and O–H groups in total. The van der Waals surface area contributed by atoms with Crippen LogP contribution in [0, 0.1) is 0 Å². The minimum absolute atomic E-state index is 0.0146. The number of carboxylic acid groups (broad SMARTS) is 1. The van der Waals surface area contributed by atoms with E-state index in [1.165, 1.54) is 12.3 Å². The molecule has 0 saturated carbocycles. The molecule has 30 heavy (non-hydrogen) atoms. The molecule has 7 nitrogen and oxygen atoms in total. The Kier molecular flexibility index (Phi) is 5.15. The lowest BCUT2D eigenvalue weighted by atomic mass is 9.95. The quantitative estimate of drug-likeness (QED) is 0.599. The third-order valence-electron chi connectivity index (χ3n) is 5.41. The molecular weight excluding hydrogens is 428 g/mol. The molecule has 9 heteroatoms. The second-order valence-corrected chi connectivity index (χ2v) is 9.87. The highest BCUT2D eigenvalue weighted by Crippen LogP contribution is 2.39. The Morgan fingerprint density at radius 3 is 2.57 bits per heavy atom. The van der Waals surface area contributed by atoms with Crippen LogP contribution in [0.15, 0.2) is 41.4 Å². The van der Waals surface area contributed by atoms with Crippen molar-refractivity contribution >= 4 is 44.2 Å². The average Bonchev–Trinajstić information content (AvgIpc) is 3.02. The molecule has 1 unspecified atom stereocenters. The first-order valence-electron chi connectivity index (χ1n) is 9.42. The Balaban J connectivity index is 2.07. The number of hydrogen-bond acceptors (Lipinski definition) is 5. The minimum atomic E-state index is -3.66. The largest absolute Gasteiger partial charge is 0.481 e. The van der Waals surface area contributed by atoms with Gasteiger partial charge in [-0.05, 0) is 49.6 Å². The van der Waals surface area contributed by atoms with E-state index in [1.807, 2.05) is 0 Å². The number of aromatic nitrogens is 2. The molecule has 156 valence electrons. The second kappa shape index (κ2) is 7.52. The number of aliphatic carboxylic acids is 1. The predicted octanol–water partition coefficient (Wildman–Crippen LogP) is 3.68. The number of carbonyl (C=O) groups excluding carboxylic acids is 1. The van der Waals surface area contributed by atoms with E-state index < -0.39 is 21.8 Å². The molecule has 1 aliphatic rings. The van der Waals surface area contributed by atoms with E-state index in [-0.39, 0.29) is 28.0 Å². The zero-order valence-electron chi connectivity index (χ0n) is 16.1. The number of hydrogen-bond donors (Lipinski definition) is 1. The highest BCUT2D eigenvalue weighted by Gasteiger charge is 2.33. The molecule has 0 radical (unpaired) electrons. The molecular formula is C21H19ClN2O5S. The SMILES string of the molecule is CS(=O)(=O)c1ccnc2c1c(C(=O)c1ccc(Cl)cc1)c1n2C(CC(=O)O)CCC1. The molecule has 4 rings (SSSR count). The summed E-state index contributed by atoms with van der Waals surface area (Å²) in [6, 6.07) is 7.37. The fraction of sp³-hybridized carbons (Fsp3) is 0.286. The van der Waals surface area contributed by atoms with Crippen molar-refractivity contribution in [2.75, 3.05) is 6.26 Å². The van der Waals surface area contributed by atoms with Gasteiger partial charge in [-0.15, -0.1) is 0 Å². The van der Waals surface area contributed by atoms with E-state index in [9.17, 15) is 23.1 Å². The summed E-state index contributed by atoms with van der Waals surface area (Å²) < 4.78 is 26.8. The maximum absolute atomic E-state index is 13.5. The monoisotopic (exact) mass is 446 g/mol. The van der Waals surface area contributed by atoms with Crippen molar-refractivity contribution < 1.29 is 23.1 Å². The number of halogens is 1. The summed E-state index contributed by atoms with van der Waals surface area (Å²) in [5.41, 5.74) is 1.61. The molecule has 0 amide bonds. The molecule has 1 aromatic carbocycles. The highest BCUT2D eigenvalue weighted by molar-refractivity contribution is 7.91. The number of carboxylic acids is 1. The van der Waals surface area contributed by atoms with Crippen LogP contribution < -0.4 is 0 Å². The molecule has 3 heterocycles. The summed E-state index contributed by atoms with van der Waals surface area (Å²) in [5, 5.41) is 10.1. The first kappa shape index (κ1) is 20.6. The summed E-state index contributed by atoms with van der Waals surface area (Å²) in [7, 11) is -3.66. The lowest BCUT2D eigenvalue weighted by Crippen LogP contribution is -2.21. The van der Waals surface area contributed by atoms with Gasteiger partial charge < -0.3 is 9.67 Å². The van der Waals surface area contributed by atoms with Crippen LogP contribution in [-0.2, 0) is 21.1 Å². The second-order valence-electron chi connectivity index (χ2n) is 7.45. The lowest BCUT2D eigenvalue weighted by Gasteiger charge is -2.26. The topological polar surface area (TPSA) is 106 Å². The van der Waals surface area contributed by atoms with E-state index in [0.717, 1.165) is 6.26 Å². The minimum Gasteiger partial charge on any atom is -0.481 e. The Morgan fingerprint density at radius 2 is 1.93 bits per heavy atom. The van der Waals surface area contributed by atoms with Crippen LogP contribution in [-0.4, -0.2) is 41.1 Å². The molecule has 0 aliphatic carbocycles. The maximum Gasteiger partial charge on any atom is 0.305 e. The van der Waals surface area contributed by atoms with Crippen LogP contribution in [0.3, 0.4) is 0 Å². The first-order chi connectivity index (χ1) is 14.2. The van der Waals surface area contributed by atoms with E-state index in [1.54, 1.807) is 28.8 Å². The standard InChI is InChI=1S/C21H19ClN2O5S/c1-30(28,29)16-9-10-23-21-19(16)18(20(27)12-5-7-13(22)8-6-12)15-4-2-3-14(24(15)21)11-17(25)26/h5-10,14H,2-4,11H2,1H3,(H,25,26). The molecule has 0 spiro atoms. The Labute approximate surface area is 178 Å². The zero-order valence-corrected chi connectivity index (χ0v) is 17.7. The number of carbonyl (C=O) groups is 2. The number of fused-ring (bicyclic) bond motifs is 3. The summed E-state index contributed by atoms with van der Waals surface area (Å²) >= 11 is 5.94. The Bertz CT molecular complexity index is 1280. The van der Waals surface area contributed by atoms with Gasteiger partial charge in [-0.1, -0.05) is 11.6 Å². The van der Waals surface area contributed by atoms with Crippen LogP contribution in [0.1, 0.15) is 46.9 Å². The van der Waals surface area contributed by atoms with Gasteiger partial charge in [0.2, 0.25) is 0 Å². The van der Waals surface area contributed by atoms with Gasteiger partial charge in [0.1, 0.15) is 5.65 Å². The molecule has 3 aromatic rings. The third-order valence-corrected chi connectivity index (χ3v) is 6.80.